The number of benzene rings is 2. The van der Waals surface area contributed by atoms with Crippen LogP contribution in [0.2, 0.25) is 0 Å². The molecule has 7 nitrogen and oxygen atoms in total. The highest BCUT2D eigenvalue weighted by Crippen LogP contribution is 2.34. The van der Waals surface area contributed by atoms with Gasteiger partial charge in [-0.15, -0.1) is 0 Å². The van der Waals surface area contributed by atoms with Crippen LogP contribution >= 0.6 is 0 Å². The van der Waals surface area contributed by atoms with Gasteiger partial charge in [-0.2, -0.15) is 5.10 Å². The highest BCUT2D eigenvalue weighted by atomic mass is 32.2. The Morgan fingerprint density at radius 1 is 1.17 bits per heavy atom. The average Bonchev–Trinajstić information content (AvgIpc) is 3.37. The number of sulfonamides is 1. The van der Waals surface area contributed by atoms with Gasteiger partial charge in [0.05, 0.1) is 24.3 Å². The molecule has 1 N–H and O–H groups in total. The van der Waals surface area contributed by atoms with E-state index in [1.807, 2.05) is 0 Å². The molecule has 0 saturated carbocycles. The fourth-order valence-electron chi connectivity index (χ4n) is 3.34. The summed E-state index contributed by atoms with van der Waals surface area (Å²) in [4.78, 5) is 12.9. The molecule has 1 aromatic heterocycles. The van der Waals surface area contributed by atoms with Crippen molar-refractivity contribution >= 4 is 27.3 Å². The van der Waals surface area contributed by atoms with Crippen molar-refractivity contribution in [3.8, 4) is 0 Å². The number of hydrazone groups is 1. The van der Waals surface area contributed by atoms with E-state index in [1.54, 1.807) is 42.5 Å². The third kappa shape index (κ3) is 4.25. The summed E-state index contributed by atoms with van der Waals surface area (Å²) in [7, 11) is -3.44. The number of halogens is 1. The topological polar surface area (TPSA) is 92.0 Å². The average molecular weight is 427 g/mol. The van der Waals surface area contributed by atoms with Gasteiger partial charge in [0.1, 0.15) is 5.82 Å². The van der Waals surface area contributed by atoms with Crippen molar-refractivity contribution < 1.29 is 22.0 Å². The van der Waals surface area contributed by atoms with Crippen molar-refractivity contribution in [2.45, 2.75) is 12.5 Å². The molecule has 9 heteroatoms. The van der Waals surface area contributed by atoms with Crippen LogP contribution in [0.15, 0.2) is 76.4 Å². The fourth-order valence-corrected chi connectivity index (χ4v) is 3.89. The minimum Gasteiger partial charge on any atom is -0.459 e. The van der Waals surface area contributed by atoms with E-state index in [4.69, 9.17) is 4.42 Å². The van der Waals surface area contributed by atoms with E-state index >= 15 is 0 Å². The van der Waals surface area contributed by atoms with Crippen molar-refractivity contribution in [1.29, 1.82) is 0 Å². The summed E-state index contributed by atoms with van der Waals surface area (Å²) < 4.78 is 44.5. The van der Waals surface area contributed by atoms with Gasteiger partial charge in [0.15, 0.2) is 5.76 Å². The number of carbonyl (C=O) groups is 1. The second kappa shape index (κ2) is 7.75. The molecule has 30 heavy (non-hydrogen) atoms. The lowest BCUT2D eigenvalue weighted by Crippen LogP contribution is -2.26. The van der Waals surface area contributed by atoms with Crippen LogP contribution < -0.4 is 4.72 Å². The maximum Gasteiger partial charge on any atom is 0.310 e. The molecule has 3 aromatic rings. The molecule has 1 aliphatic heterocycles. The number of nitrogens with zero attached hydrogens (tertiary/aromatic N) is 2. The summed E-state index contributed by atoms with van der Waals surface area (Å²) in [5, 5.41) is 5.76. The molecule has 0 aliphatic carbocycles. The molecule has 0 saturated heterocycles. The van der Waals surface area contributed by atoms with Gasteiger partial charge in [-0.05, 0) is 47.5 Å². The molecule has 1 atom stereocenters. The highest BCUT2D eigenvalue weighted by Gasteiger charge is 2.35. The summed E-state index contributed by atoms with van der Waals surface area (Å²) in [6.45, 7) is 0. The van der Waals surface area contributed by atoms with E-state index in [1.165, 1.54) is 29.5 Å². The van der Waals surface area contributed by atoms with Gasteiger partial charge in [0.2, 0.25) is 10.0 Å². The van der Waals surface area contributed by atoms with E-state index in [-0.39, 0.29) is 5.76 Å². The Bertz CT molecular complexity index is 1220. The normalized spacial score (nSPS) is 16.4. The Kier molecular flexibility index (Phi) is 5.13. The van der Waals surface area contributed by atoms with Crippen LogP contribution in [0.4, 0.5) is 10.1 Å². The number of rotatable bonds is 5. The molecule has 0 bridgehead atoms. The van der Waals surface area contributed by atoms with Crippen molar-refractivity contribution in [3.05, 3.63) is 89.6 Å². The van der Waals surface area contributed by atoms with Crippen LogP contribution in [-0.2, 0) is 10.0 Å². The molecule has 0 spiro atoms. The van der Waals surface area contributed by atoms with Gasteiger partial charge >= 0.3 is 5.91 Å². The third-order valence-electron chi connectivity index (χ3n) is 4.58. The lowest BCUT2D eigenvalue weighted by Gasteiger charge is -2.21. The Labute approximate surface area is 172 Å². The van der Waals surface area contributed by atoms with E-state index in [0.29, 0.717) is 28.9 Å². The van der Waals surface area contributed by atoms with Gasteiger partial charge in [0.25, 0.3) is 0 Å². The van der Waals surface area contributed by atoms with Crippen molar-refractivity contribution in [2.24, 2.45) is 5.10 Å². The molecule has 1 aliphatic rings. The summed E-state index contributed by atoms with van der Waals surface area (Å²) in [6.07, 6.45) is 2.79. The monoisotopic (exact) mass is 427 g/mol. The number of nitrogens with one attached hydrogen (secondary N) is 1. The van der Waals surface area contributed by atoms with Crippen LogP contribution in [-0.4, -0.2) is 31.3 Å². The predicted molar refractivity (Wildman–Crippen MR) is 110 cm³/mol. The lowest BCUT2D eigenvalue weighted by atomic mass is 9.98. The number of hydrogen-bond acceptors (Lipinski definition) is 5. The second-order valence-electron chi connectivity index (χ2n) is 6.90. The molecular weight excluding hydrogens is 409 g/mol. The highest BCUT2D eigenvalue weighted by molar-refractivity contribution is 7.92. The third-order valence-corrected chi connectivity index (χ3v) is 5.19. The van der Waals surface area contributed by atoms with E-state index in [2.05, 4.69) is 9.82 Å². The molecule has 0 fully saturated rings. The van der Waals surface area contributed by atoms with E-state index in [0.717, 1.165) is 6.26 Å². The Morgan fingerprint density at radius 2 is 1.97 bits per heavy atom. The Balaban J connectivity index is 1.72. The smallest absolute Gasteiger partial charge is 0.310 e. The minimum atomic E-state index is -3.44. The fraction of sp³-hybridized carbons (Fsp3) is 0.143. The maximum atomic E-state index is 13.8. The predicted octanol–water partition coefficient (Wildman–Crippen LogP) is 3.78. The van der Waals surface area contributed by atoms with E-state index in [9.17, 15) is 17.6 Å². The SMILES string of the molecule is CS(=O)(=O)Nc1cccc(C2=NN(C(=O)c3ccco3)[C@@H](c3cccc(F)c3)C2)c1. The number of amides is 1. The molecule has 2 heterocycles. The first kappa shape index (κ1) is 19.8. The molecule has 4 rings (SSSR count). The molecule has 1 amide bonds. The van der Waals surface area contributed by atoms with Crippen molar-refractivity contribution in [3.63, 3.8) is 0 Å². The van der Waals surface area contributed by atoms with Crippen LogP contribution in [0.25, 0.3) is 0 Å². The summed E-state index contributed by atoms with van der Waals surface area (Å²) >= 11 is 0. The Morgan fingerprint density at radius 3 is 2.67 bits per heavy atom. The number of carbonyl (C=O) groups excluding carboxylic acids is 1. The second-order valence-corrected chi connectivity index (χ2v) is 8.65. The molecule has 2 aromatic carbocycles. The molecular formula is C21H18FN3O4S. The van der Waals surface area contributed by atoms with Gasteiger partial charge in [-0.25, -0.2) is 17.8 Å². The zero-order valence-corrected chi connectivity index (χ0v) is 16.8. The van der Waals surface area contributed by atoms with Crippen LogP contribution in [0, 0.1) is 5.82 Å². The molecule has 0 unspecified atom stereocenters. The molecule has 0 radical (unpaired) electrons. The molecule has 154 valence electrons. The van der Waals surface area contributed by atoms with Gasteiger partial charge in [0, 0.05) is 12.1 Å². The zero-order valence-electron chi connectivity index (χ0n) is 15.9. The maximum absolute atomic E-state index is 13.8. The van der Waals surface area contributed by atoms with Crippen LogP contribution in [0.3, 0.4) is 0 Å². The Hall–Kier alpha value is -3.46. The quantitative estimate of drug-likeness (QED) is 0.671. The first-order valence-electron chi connectivity index (χ1n) is 9.08. The van der Waals surface area contributed by atoms with E-state index < -0.39 is 27.8 Å². The van der Waals surface area contributed by atoms with Crippen LogP contribution in [0.1, 0.15) is 34.1 Å². The summed E-state index contributed by atoms with van der Waals surface area (Å²) in [6, 6.07) is 15.4. The standard InChI is InChI=1S/C21H18FN3O4S/c1-30(27,28)24-17-8-3-5-14(12-17)18-13-19(15-6-2-7-16(22)11-15)25(23-18)21(26)20-9-4-10-29-20/h2-12,19,24H,13H2,1H3/t19-/m1/s1. The number of hydrogen-bond donors (Lipinski definition) is 1. The number of anilines is 1. The zero-order chi connectivity index (χ0) is 21.3. The van der Waals surface area contributed by atoms with Gasteiger partial charge < -0.3 is 4.42 Å². The van der Waals surface area contributed by atoms with Crippen molar-refractivity contribution in [2.75, 3.05) is 11.0 Å². The first-order chi connectivity index (χ1) is 14.3. The van der Waals surface area contributed by atoms with Gasteiger partial charge in [-0.3, -0.25) is 9.52 Å². The largest absolute Gasteiger partial charge is 0.459 e. The minimum absolute atomic E-state index is 0.119. The summed E-state index contributed by atoms with van der Waals surface area (Å²) in [5.41, 5.74) is 2.20. The first-order valence-corrected chi connectivity index (χ1v) is 11.0. The van der Waals surface area contributed by atoms with Crippen LogP contribution in [0.5, 0.6) is 0 Å². The van der Waals surface area contributed by atoms with Crippen molar-refractivity contribution in [1.82, 2.24) is 5.01 Å². The number of furan rings is 1. The lowest BCUT2D eigenvalue weighted by molar-refractivity contribution is 0.0678. The van der Waals surface area contributed by atoms with Gasteiger partial charge in [-0.1, -0.05) is 24.3 Å². The summed E-state index contributed by atoms with van der Waals surface area (Å²) in [5.74, 6) is -0.741.